The van der Waals surface area contributed by atoms with Crippen LogP contribution in [0.25, 0.3) is 0 Å². The molecule has 1 unspecified atom stereocenters. The van der Waals surface area contributed by atoms with Crippen LogP contribution in [0.2, 0.25) is 0 Å². The Morgan fingerprint density at radius 1 is 0.367 bits per heavy atom. The Hall–Kier alpha value is -4.45. The lowest BCUT2D eigenvalue weighted by molar-refractivity contribution is -0.166. The van der Waals surface area contributed by atoms with Gasteiger partial charge in [-0.05, 0) is 89.9 Å². The molecule has 0 saturated heterocycles. The van der Waals surface area contributed by atoms with Crippen molar-refractivity contribution in [1.29, 1.82) is 0 Å². The van der Waals surface area contributed by atoms with Crippen LogP contribution in [0.5, 0.6) is 0 Å². The van der Waals surface area contributed by atoms with Gasteiger partial charge in [-0.15, -0.1) is 0 Å². The van der Waals surface area contributed by atoms with Crippen LogP contribution in [-0.2, 0) is 28.6 Å². The number of hydrogen-bond donors (Lipinski definition) is 0. The van der Waals surface area contributed by atoms with Crippen molar-refractivity contribution in [3.63, 3.8) is 0 Å². The summed E-state index contributed by atoms with van der Waals surface area (Å²) in [6.45, 7) is 6.19. The van der Waals surface area contributed by atoms with Crippen molar-refractivity contribution in [3.05, 3.63) is 134 Å². The van der Waals surface area contributed by atoms with Gasteiger partial charge in [-0.3, -0.25) is 14.4 Å². The third kappa shape index (κ3) is 44.6. The van der Waals surface area contributed by atoms with E-state index in [1.807, 2.05) is 66.8 Å². The molecule has 0 aromatic carbocycles. The predicted molar refractivity (Wildman–Crippen MR) is 256 cm³/mol. The molecule has 60 heavy (non-hydrogen) atoms. The fraction of sp³-hybridized carbons (Fsp3) is 0.537. The first-order valence-electron chi connectivity index (χ1n) is 23.3. The highest BCUT2D eigenvalue weighted by Gasteiger charge is 2.19. The maximum Gasteiger partial charge on any atom is 0.306 e. The zero-order valence-corrected chi connectivity index (χ0v) is 37.9. The summed E-state index contributed by atoms with van der Waals surface area (Å²) in [4.78, 5) is 37.7. The molecule has 334 valence electrons. The maximum absolute atomic E-state index is 12.7. The van der Waals surface area contributed by atoms with E-state index in [9.17, 15) is 14.4 Å². The zero-order chi connectivity index (χ0) is 43.7. The van der Waals surface area contributed by atoms with Crippen LogP contribution in [-0.4, -0.2) is 37.2 Å². The van der Waals surface area contributed by atoms with Gasteiger partial charge in [0, 0.05) is 19.3 Å². The third-order valence-corrected chi connectivity index (χ3v) is 9.01. The van der Waals surface area contributed by atoms with Crippen molar-refractivity contribution < 1.29 is 28.6 Å². The number of esters is 3. The number of carbonyl (C=O) groups is 3. The Balaban J connectivity index is 4.66. The molecular formula is C54H82O6. The van der Waals surface area contributed by atoms with E-state index in [2.05, 4.69) is 87.6 Å². The number of allylic oxidation sites excluding steroid dienone is 22. The van der Waals surface area contributed by atoms with Crippen LogP contribution in [0.4, 0.5) is 0 Å². The van der Waals surface area contributed by atoms with E-state index in [-0.39, 0.29) is 38.0 Å². The number of hydrogen-bond acceptors (Lipinski definition) is 6. The SMILES string of the molecule is CC\C=C/C=C\C=C/C=C\C=C/CCCC(=O)OC(COC(=O)CC/C=C\C/C=C\C/C=C\C/C=C\C/C=C\CC)COC(=O)CCCCC/C=C\CCCCCCCC. The highest BCUT2D eigenvalue weighted by atomic mass is 16.6. The standard InChI is InChI=1S/C54H82O6/c1-4-7-10-13-16-19-22-25-26-27-30-32-35-38-41-44-47-53(56)59-50-51(60-54(57)48-45-42-39-36-33-29-24-21-18-15-12-9-6-3)49-58-52(55)46-43-40-37-34-31-28-23-20-17-14-11-8-5-2/h7,9-10,12,15-16,18-19,21,24-26,28-33,36,38-39,41,51H,4-6,8,11,13-14,17,20,22-23,27,34-35,37,40,42-50H2,1-3H3/b10-7-,12-9-,18-15-,19-16-,24-21-,26-25-,31-28-,32-30-,33-29-,39-36-,41-38-. The van der Waals surface area contributed by atoms with Gasteiger partial charge in [-0.25, -0.2) is 0 Å². The van der Waals surface area contributed by atoms with Gasteiger partial charge in [0.25, 0.3) is 0 Å². The summed E-state index contributed by atoms with van der Waals surface area (Å²) in [6, 6.07) is 0. The Morgan fingerprint density at radius 2 is 0.783 bits per heavy atom. The fourth-order valence-corrected chi connectivity index (χ4v) is 5.57. The van der Waals surface area contributed by atoms with Gasteiger partial charge in [0.2, 0.25) is 0 Å². The van der Waals surface area contributed by atoms with E-state index in [4.69, 9.17) is 14.2 Å². The summed E-state index contributed by atoms with van der Waals surface area (Å²) in [6.07, 6.45) is 66.0. The monoisotopic (exact) mass is 827 g/mol. The quantitative estimate of drug-likeness (QED) is 0.0202. The van der Waals surface area contributed by atoms with Crippen molar-refractivity contribution >= 4 is 17.9 Å². The molecule has 0 aromatic heterocycles. The second-order valence-electron chi connectivity index (χ2n) is 14.7. The highest BCUT2D eigenvalue weighted by Crippen LogP contribution is 2.10. The molecule has 6 nitrogen and oxygen atoms in total. The number of unbranched alkanes of at least 4 members (excludes halogenated alkanes) is 10. The van der Waals surface area contributed by atoms with Gasteiger partial charge in [-0.1, -0.05) is 193 Å². The lowest BCUT2D eigenvalue weighted by Crippen LogP contribution is -2.30. The van der Waals surface area contributed by atoms with Crippen molar-refractivity contribution in [1.82, 2.24) is 0 Å². The molecule has 0 aliphatic carbocycles. The molecule has 0 radical (unpaired) electrons. The summed E-state index contributed by atoms with van der Waals surface area (Å²) < 4.78 is 16.6. The van der Waals surface area contributed by atoms with E-state index in [1.54, 1.807) is 0 Å². The smallest absolute Gasteiger partial charge is 0.306 e. The van der Waals surface area contributed by atoms with E-state index >= 15 is 0 Å². The molecule has 0 saturated carbocycles. The summed E-state index contributed by atoms with van der Waals surface area (Å²) >= 11 is 0. The number of rotatable bonds is 39. The minimum absolute atomic E-state index is 0.143. The van der Waals surface area contributed by atoms with E-state index in [0.29, 0.717) is 25.7 Å². The van der Waals surface area contributed by atoms with E-state index in [1.165, 1.54) is 38.5 Å². The van der Waals surface area contributed by atoms with Crippen LogP contribution in [0.3, 0.4) is 0 Å². The normalized spacial score (nSPS) is 13.3. The Bertz CT molecular complexity index is 1370. The minimum Gasteiger partial charge on any atom is -0.462 e. The molecule has 0 bridgehead atoms. The average molecular weight is 827 g/mol. The molecule has 0 aliphatic rings. The first kappa shape index (κ1) is 55.6. The van der Waals surface area contributed by atoms with Crippen LogP contribution in [0.1, 0.15) is 168 Å². The van der Waals surface area contributed by atoms with Gasteiger partial charge >= 0.3 is 17.9 Å². The Morgan fingerprint density at radius 3 is 1.35 bits per heavy atom. The topological polar surface area (TPSA) is 78.9 Å². The lowest BCUT2D eigenvalue weighted by Gasteiger charge is -2.18. The summed E-state index contributed by atoms with van der Waals surface area (Å²) in [5.41, 5.74) is 0. The van der Waals surface area contributed by atoms with Crippen LogP contribution < -0.4 is 0 Å². The van der Waals surface area contributed by atoms with E-state index < -0.39 is 12.1 Å². The van der Waals surface area contributed by atoms with Crippen molar-refractivity contribution in [2.24, 2.45) is 0 Å². The zero-order valence-electron chi connectivity index (χ0n) is 37.9. The second-order valence-corrected chi connectivity index (χ2v) is 14.7. The lowest BCUT2D eigenvalue weighted by atomic mass is 10.1. The van der Waals surface area contributed by atoms with Gasteiger partial charge in [0.05, 0.1) is 0 Å². The van der Waals surface area contributed by atoms with E-state index in [0.717, 1.165) is 70.6 Å². The first-order chi connectivity index (χ1) is 29.5. The molecule has 0 fully saturated rings. The molecule has 0 amide bonds. The summed E-state index contributed by atoms with van der Waals surface area (Å²) in [7, 11) is 0. The van der Waals surface area contributed by atoms with Crippen molar-refractivity contribution in [2.75, 3.05) is 13.2 Å². The molecule has 6 heteroatoms. The molecule has 1 atom stereocenters. The number of ether oxygens (including phenoxy) is 3. The third-order valence-electron chi connectivity index (χ3n) is 9.01. The fourth-order valence-electron chi connectivity index (χ4n) is 5.57. The molecule has 0 spiro atoms. The predicted octanol–water partition coefficient (Wildman–Crippen LogP) is 15.1. The van der Waals surface area contributed by atoms with Gasteiger partial charge < -0.3 is 14.2 Å². The first-order valence-corrected chi connectivity index (χ1v) is 23.3. The highest BCUT2D eigenvalue weighted by molar-refractivity contribution is 5.71. The van der Waals surface area contributed by atoms with Gasteiger partial charge in [-0.2, -0.15) is 0 Å². The van der Waals surface area contributed by atoms with Gasteiger partial charge in [0.15, 0.2) is 6.10 Å². The Kier molecular flexibility index (Phi) is 43.7. The molecule has 0 aromatic rings. The summed E-state index contributed by atoms with van der Waals surface area (Å²) in [5, 5.41) is 0. The Labute approximate surface area is 366 Å². The van der Waals surface area contributed by atoms with Crippen molar-refractivity contribution in [3.8, 4) is 0 Å². The molecule has 0 rings (SSSR count). The minimum atomic E-state index is -0.854. The van der Waals surface area contributed by atoms with Crippen LogP contribution in [0.15, 0.2) is 134 Å². The molecular weight excluding hydrogens is 745 g/mol. The average Bonchev–Trinajstić information content (AvgIpc) is 3.24. The summed E-state index contributed by atoms with van der Waals surface area (Å²) in [5.74, 6) is -1.13. The maximum atomic E-state index is 12.7. The molecule has 0 aliphatic heterocycles. The molecule has 0 N–H and O–H groups in total. The molecule has 0 heterocycles. The largest absolute Gasteiger partial charge is 0.462 e. The van der Waals surface area contributed by atoms with Crippen LogP contribution in [0, 0.1) is 0 Å². The number of carbonyl (C=O) groups excluding carboxylic acids is 3. The van der Waals surface area contributed by atoms with Crippen molar-refractivity contribution in [2.45, 2.75) is 175 Å². The van der Waals surface area contributed by atoms with Gasteiger partial charge in [0.1, 0.15) is 13.2 Å². The second kappa shape index (κ2) is 47.2. The van der Waals surface area contributed by atoms with Crippen LogP contribution >= 0.6 is 0 Å².